The number of nitrogens with zero attached hydrogens (tertiary/aromatic N) is 1. The third-order valence-corrected chi connectivity index (χ3v) is 5.84. The van der Waals surface area contributed by atoms with Crippen molar-refractivity contribution in [3.05, 3.63) is 59.4 Å². The molecule has 1 aliphatic heterocycles. The molecule has 2 aromatic rings. The van der Waals surface area contributed by atoms with Crippen molar-refractivity contribution >= 4 is 28.9 Å². The highest BCUT2D eigenvalue weighted by Gasteiger charge is 2.43. The summed E-state index contributed by atoms with van der Waals surface area (Å²) in [7, 11) is 0. The molecule has 0 bridgehead atoms. The van der Waals surface area contributed by atoms with E-state index in [9.17, 15) is 14.4 Å². The van der Waals surface area contributed by atoms with Gasteiger partial charge in [0, 0.05) is 13.1 Å². The van der Waals surface area contributed by atoms with Crippen LogP contribution in [0.15, 0.2) is 42.6 Å². The fraction of sp³-hybridized carbons (Fsp3) is 0.364. The van der Waals surface area contributed by atoms with Crippen molar-refractivity contribution < 1.29 is 23.9 Å². The number of rotatable bonds is 8. The van der Waals surface area contributed by atoms with Crippen LogP contribution in [-0.2, 0) is 27.2 Å². The van der Waals surface area contributed by atoms with E-state index in [2.05, 4.69) is 10.3 Å². The summed E-state index contributed by atoms with van der Waals surface area (Å²) in [5.74, 6) is -0.0788. The number of carbonyl (C=O) groups excluding carboxylic acids is 3. The van der Waals surface area contributed by atoms with Crippen molar-refractivity contribution in [3.8, 4) is 5.75 Å². The zero-order valence-corrected chi connectivity index (χ0v) is 18.0. The average Bonchev–Trinajstić information content (AvgIpc) is 2.97. The molecule has 1 aliphatic rings. The highest BCUT2D eigenvalue weighted by molar-refractivity contribution is 8.16. The SMILES string of the molecule is CCc1ccc(C(COc2ccc(CC3(C)SC(=O)NC3=O)cc2)OC(C)=O)nc1. The summed E-state index contributed by atoms with van der Waals surface area (Å²) in [6.07, 6.45) is 2.46. The van der Waals surface area contributed by atoms with E-state index >= 15 is 0 Å². The number of hydrogen-bond acceptors (Lipinski definition) is 7. The first kappa shape index (κ1) is 21.8. The number of nitrogens with one attached hydrogen (secondary N) is 1. The molecule has 8 heteroatoms. The Hall–Kier alpha value is -2.87. The molecular formula is C22H24N2O5S. The van der Waals surface area contributed by atoms with E-state index < -0.39 is 16.8 Å². The zero-order chi connectivity index (χ0) is 21.7. The Morgan fingerprint density at radius 3 is 2.40 bits per heavy atom. The molecule has 1 aromatic heterocycles. The standard InChI is InChI=1S/C22H24N2O5S/c1-4-15-7-10-18(23-12-15)19(29-14(2)25)13-28-17-8-5-16(6-9-17)11-22(3)20(26)24-21(27)30-22/h5-10,12,19H,4,11,13H2,1-3H3,(H,24,26,27). The van der Waals surface area contributed by atoms with Crippen LogP contribution in [0.25, 0.3) is 0 Å². The molecule has 2 atom stereocenters. The number of thioether (sulfide) groups is 1. The lowest BCUT2D eigenvalue weighted by Gasteiger charge is -2.19. The van der Waals surface area contributed by atoms with Crippen LogP contribution in [0.2, 0.25) is 0 Å². The van der Waals surface area contributed by atoms with Crippen LogP contribution in [0.1, 0.15) is 43.7 Å². The number of aryl methyl sites for hydroxylation is 1. The number of hydrogen-bond donors (Lipinski definition) is 1. The Bertz CT molecular complexity index is 930. The average molecular weight is 429 g/mol. The maximum Gasteiger partial charge on any atom is 0.303 e. The quantitative estimate of drug-likeness (QED) is 0.642. The maximum absolute atomic E-state index is 12.0. The van der Waals surface area contributed by atoms with Crippen LogP contribution in [0.5, 0.6) is 5.75 Å². The van der Waals surface area contributed by atoms with Gasteiger partial charge in [-0.3, -0.25) is 24.7 Å². The molecule has 0 radical (unpaired) electrons. The predicted octanol–water partition coefficient (Wildman–Crippen LogP) is 3.61. The summed E-state index contributed by atoms with van der Waals surface area (Å²) in [5.41, 5.74) is 2.64. The van der Waals surface area contributed by atoms with E-state index in [1.54, 1.807) is 25.3 Å². The molecule has 1 saturated heterocycles. The van der Waals surface area contributed by atoms with Gasteiger partial charge in [0.25, 0.3) is 5.24 Å². The topological polar surface area (TPSA) is 94.6 Å². The Morgan fingerprint density at radius 2 is 1.87 bits per heavy atom. The second kappa shape index (κ2) is 9.30. The van der Waals surface area contributed by atoms with Gasteiger partial charge in [-0.05, 0) is 60.9 Å². The van der Waals surface area contributed by atoms with Gasteiger partial charge in [-0.15, -0.1) is 0 Å². The van der Waals surface area contributed by atoms with Gasteiger partial charge in [0.1, 0.15) is 17.1 Å². The maximum atomic E-state index is 12.0. The van der Waals surface area contributed by atoms with Crippen molar-refractivity contribution in [2.75, 3.05) is 6.61 Å². The van der Waals surface area contributed by atoms with Crippen LogP contribution in [0.4, 0.5) is 4.79 Å². The number of esters is 1. The minimum absolute atomic E-state index is 0.127. The fourth-order valence-electron chi connectivity index (χ4n) is 3.10. The molecule has 2 heterocycles. The van der Waals surface area contributed by atoms with Crippen molar-refractivity contribution in [1.29, 1.82) is 0 Å². The number of pyridine rings is 1. The number of aromatic nitrogens is 1. The van der Waals surface area contributed by atoms with Crippen LogP contribution in [0.3, 0.4) is 0 Å². The molecule has 3 rings (SSSR count). The van der Waals surface area contributed by atoms with Gasteiger partial charge in [0.2, 0.25) is 5.91 Å². The molecule has 2 amide bonds. The second-order valence-electron chi connectivity index (χ2n) is 7.25. The predicted molar refractivity (Wildman–Crippen MR) is 113 cm³/mol. The lowest BCUT2D eigenvalue weighted by atomic mass is 9.99. The Balaban J connectivity index is 1.63. The molecule has 1 N–H and O–H groups in total. The molecule has 7 nitrogen and oxygen atoms in total. The minimum Gasteiger partial charge on any atom is -0.489 e. The molecular weight excluding hydrogens is 404 g/mol. The fourth-order valence-corrected chi connectivity index (χ4v) is 4.03. The molecule has 2 unspecified atom stereocenters. The number of ether oxygens (including phenoxy) is 2. The monoisotopic (exact) mass is 428 g/mol. The molecule has 0 saturated carbocycles. The second-order valence-corrected chi connectivity index (χ2v) is 8.73. The summed E-state index contributed by atoms with van der Waals surface area (Å²) < 4.78 is 10.4. The van der Waals surface area contributed by atoms with E-state index in [0.29, 0.717) is 17.9 Å². The van der Waals surface area contributed by atoms with Gasteiger partial charge in [-0.2, -0.15) is 0 Å². The number of amides is 2. The molecule has 1 aromatic carbocycles. The lowest BCUT2D eigenvalue weighted by molar-refractivity contribution is -0.148. The highest BCUT2D eigenvalue weighted by atomic mass is 32.2. The van der Waals surface area contributed by atoms with Crippen LogP contribution in [-0.4, -0.2) is 33.5 Å². The largest absolute Gasteiger partial charge is 0.489 e. The molecule has 158 valence electrons. The Labute approximate surface area is 179 Å². The van der Waals surface area contributed by atoms with Gasteiger partial charge < -0.3 is 9.47 Å². The van der Waals surface area contributed by atoms with Gasteiger partial charge in [-0.1, -0.05) is 25.1 Å². The van der Waals surface area contributed by atoms with E-state index in [0.717, 1.165) is 29.3 Å². The Morgan fingerprint density at radius 1 is 1.17 bits per heavy atom. The first-order valence-corrected chi connectivity index (χ1v) is 10.5. The van der Waals surface area contributed by atoms with E-state index in [1.807, 2.05) is 31.2 Å². The summed E-state index contributed by atoms with van der Waals surface area (Å²) in [6.45, 7) is 5.28. The summed E-state index contributed by atoms with van der Waals surface area (Å²) in [6, 6.07) is 11.1. The van der Waals surface area contributed by atoms with Crippen LogP contribution >= 0.6 is 11.8 Å². The zero-order valence-electron chi connectivity index (χ0n) is 17.1. The van der Waals surface area contributed by atoms with Crippen molar-refractivity contribution in [2.45, 2.75) is 44.5 Å². The molecule has 30 heavy (non-hydrogen) atoms. The summed E-state index contributed by atoms with van der Waals surface area (Å²) in [4.78, 5) is 39.3. The first-order valence-electron chi connectivity index (χ1n) is 9.67. The van der Waals surface area contributed by atoms with Crippen LogP contribution in [0, 0.1) is 0 Å². The number of carbonyl (C=O) groups is 3. The minimum atomic E-state index is -0.809. The summed E-state index contributed by atoms with van der Waals surface area (Å²) >= 11 is 1.01. The van der Waals surface area contributed by atoms with E-state index in [-0.39, 0.29) is 17.8 Å². The number of imide groups is 1. The smallest absolute Gasteiger partial charge is 0.303 e. The first-order chi connectivity index (χ1) is 14.3. The van der Waals surface area contributed by atoms with Crippen molar-refractivity contribution in [1.82, 2.24) is 10.3 Å². The lowest BCUT2D eigenvalue weighted by Crippen LogP contribution is -2.35. The van der Waals surface area contributed by atoms with E-state index in [4.69, 9.17) is 9.47 Å². The van der Waals surface area contributed by atoms with Gasteiger partial charge in [0.05, 0.1) is 5.69 Å². The molecule has 1 fully saturated rings. The molecule has 0 aliphatic carbocycles. The number of benzene rings is 1. The normalized spacial score (nSPS) is 19.3. The van der Waals surface area contributed by atoms with Gasteiger partial charge in [0.15, 0.2) is 6.10 Å². The molecule has 0 spiro atoms. The Kier molecular flexibility index (Phi) is 6.77. The van der Waals surface area contributed by atoms with Crippen LogP contribution < -0.4 is 10.1 Å². The van der Waals surface area contributed by atoms with Gasteiger partial charge >= 0.3 is 5.97 Å². The highest BCUT2D eigenvalue weighted by Crippen LogP contribution is 2.35. The van der Waals surface area contributed by atoms with E-state index in [1.165, 1.54) is 6.92 Å². The van der Waals surface area contributed by atoms with Crippen molar-refractivity contribution in [3.63, 3.8) is 0 Å². The van der Waals surface area contributed by atoms with Gasteiger partial charge in [-0.25, -0.2) is 0 Å². The third-order valence-electron chi connectivity index (χ3n) is 4.77. The third kappa shape index (κ3) is 5.38. The summed E-state index contributed by atoms with van der Waals surface area (Å²) in [5, 5.41) is 2.00. The van der Waals surface area contributed by atoms with Crippen molar-refractivity contribution in [2.24, 2.45) is 0 Å².